The Morgan fingerprint density at radius 1 is 1.13 bits per heavy atom. The van der Waals surface area contributed by atoms with Crippen LogP contribution in [-0.4, -0.2) is 35.3 Å². The van der Waals surface area contributed by atoms with E-state index in [0.717, 1.165) is 30.3 Å². The van der Waals surface area contributed by atoms with Crippen LogP contribution in [0, 0.1) is 5.92 Å². The van der Waals surface area contributed by atoms with Gasteiger partial charge in [0.05, 0.1) is 6.54 Å². The minimum absolute atomic E-state index is 0.524. The minimum Gasteiger partial charge on any atom is -0.486 e. The molecular formula is C17H23N3O3. The average Bonchev–Trinajstić information content (AvgIpc) is 2.93. The van der Waals surface area contributed by atoms with E-state index in [2.05, 4.69) is 35.0 Å². The zero-order valence-electron chi connectivity index (χ0n) is 13.9. The maximum atomic E-state index is 5.62. The summed E-state index contributed by atoms with van der Waals surface area (Å²) >= 11 is 0. The van der Waals surface area contributed by atoms with Crippen LogP contribution in [0.15, 0.2) is 22.7 Å². The second kappa shape index (κ2) is 7.00. The van der Waals surface area contributed by atoms with Crippen molar-refractivity contribution in [2.24, 2.45) is 5.92 Å². The molecule has 23 heavy (non-hydrogen) atoms. The van der Waals surface area contributed by atoms with E-state index in [4.69, 9.17) is 14.0 Å². The lowest BCUT2D eigenvalue weighted by Crippen LogP contribution is -2.19. The quantitative estimate of drug-likeness (QED) is 0.816. The fraction of sp³-hybridized carbons (Fsp3) is 0.529. The Morgan fingerprint density at radius 3 is 2.70 bits per heavy atom. The first-order valence-corrected chi connectivity index (χ1v) is 7.98. The predicted molar refractivity (Wildman–Crippen MR) is 85.4 cm³/mol. The molecule has 1 aliphatic rings. The van der Waals surface area contributed by atoms with Crippen molar-refractivity contribution in [1.82, 2.24) is 15.0 Å². The molecular weight excluding hydrogens is 294 g/mol. The second-order valence-electron chi connectivity index (χ2n) is 6.35. The lowest BCUT2D eigenvalue weighted by atomic mass is 10.1. The molecule has 0 fully saturated rings. The topological polar surface area (TPSA) is 60.6 Å². The lowest BCUT2D eigenvalue weighted by Gasteiger charge is -2.20. The summed E-state index contributed by atoms with van der Waals surface area (Å²) in [5.74, 6) is 3.59. The highest BCUT2D eigenvalue weighted by Gasteiger charge is 2.14. The number of rotatable bonds is 6. The summed E-state index contributed by atoms with van der Waals surface area (Å²) in [6.07, 6.45) is 0.843. The Kier molecular flexibility index (Phi) is 4.81. The molecule has 1 aliphatic heterocycles. The van der Waals surface area contributed by atoms with Gasteiger partial charge in [-0.2, -0.15) is 4.98 Å². The number of benzene rings is 1. The largest absolute Gasteiger partial charge is 0.486 e. The van der Waals surface area contributed by atoms with Gasteiger partial charge < -0.3 is 14.0 Å². The van der Waals surface area contributed by atoms with Crippen LogP contribution >= 0.6 is 0 Å². The molecule has 0 radical (unpaired) electrons. The number of aromatic nitrogens is 2. The van der Waals surface area contributed by atoms with Crippen molar-refractivity contribution in [2.45, 2.75) is 33.4 Å². The highest BCUT2D eigenvalue weighted by atomic mass is 16.6. The van der Waals surface area contributed by atoms with Gasteiger partial charge in [-0.05, 0) is 30.7 Å². The fourth-order valence-corrected chi connectivity index (χ4v) is 2.59. The smallest absolute Gasteiger partial charge is 0.240 e. The predicted octanol–water partition coefficient (Wildman–Crippen LogP) is 2.67. The molecule has 0 aliphatic carbocycles. The first-order chi connectivity index (χ1) is 11.1. The Morgan fingerprint density at radius 2 is 1.91 bits per heavy atom. The number of nitrogens with zero attached hydrogens (tertiary/aromatic N) is 3. The van der Waals surface area contributed by atoms with Crippen molar-refractivity contribution in [2.75, 3.05) is 20.3 Å². The van der Waals surface area contributed by atoms with Crippen molar-refractivity contribution in [1.29, 1.82) is 0 Å². The Bertz CT molecular complexity index is 654. The maximum Gasteiger partial charge on any atom is 0.240 e. The molecule has 0 spiro atoms. The second-order valence-corrected chi connectivity index (χ2v) is 6.35. The van der Waals surface area contributed by atoms with E-state index in [1.165, 1.54) is 5.56 Å². The summed E-state index contributed by atoms with van der Waals surface area (Å²) in [6.45, 7) is 6.90. The number of hydrogen-bond acceptors (Lipinski definition) is 6. The fourth-order valence-electron chi connectivity index (χ4n) is 2.59. The van der Waals surface area contributed by atoms with Crippen molar-refractivity contribution >= 4 is 0 Å². The number of hydrogen-bond donors (Lipinski definition) is 0. The van der Waals surface area contributed by atoms with Gasteiger partial charge in [0.25, 0.3) is 0 Å². The standard InChI is InChI=1S/C17H23N3O3/c1-12(2)8-16-18-17(23-19-16)11-20(3)10-13-4-5-14-15(9-13)22-7-6-21-14/h4-5,9,12H,6-8,10-11H2,1-3H3. The molecule has 1 aromatic heterocycles. The van der Waals surface area contributed by atoms with Crippen LogP contribution in [0.25, 0.3) is 0 Å². The van der Waals surface area contributed by atoms with Crippen LogP contribution in [0.4, 0.5) is 0 Å². The van der Waals surface area contributed by atoms with E-state index in [1.54, 1.807) is 0 Å². The van der Waals surface area contributed by atoms with Crippen molar-refractivity contribution in [3.63, 3.8) is 0 Å². The van der Waals surface area contributed by atoms with Gasteiger partial charge >= 0.3 is 0 Å². The van der Waals surface area contributed by atoms with Gasteiger partial charge in [-0.3, -0.25) is 4.90 Å². The van der Waals surface area contributed by atoms with Gasteiger partial charge in [-0.15, -0.1) is 0 Å². The summed E-state index contributed by atoms with van der Waals surface area (Å²) < 4.78 is 16.5. The molecule has 1 aromatic carbocycles. The summed E-state index contributed by atoms with van der Waals surface area (Å²) in [5, 5.41) is 4.02. The van der Waals surface area contributed by atoms with Gasteiger partial charge in [-0.25, -0.2) is 0 Å². The average molecular weight is 317 g/mol. The Labute approximate surface area is 136 Å². The Balaban J connectivity index is 1.58. The highest BCUT2D eigenvalue weighted by molar-refractivity contribution is 5.43. The van der Waals surface area contributed by atoms with Gasteiger partial charge in [0.15, 0.2) is 17.3 Å². The van der Waals surface area contributed by atoms with E-state index in [9.17, 15) is 0 Å². The SMILES string of the molecule is CC(C)Cc1noc(CN(C)Cc2ccc3c(c2)OCCO3)n1. The third-order valence-corrected chi connectivity index (χ3v) is 3.57. The molecule has 0 saturated heterocycles. The maximum absolute atomic E-state index is 5.62. The lowest BCUT2D eigenvalue weighted by molar-refractivity contribution is 0.171. The van der Waals surface area contributed by atoms with E-state index in [0.29, 0.717) is 31.6 Å². The summed E-state index contributed by atoms with van der Waals surface area (Å²) in [6, 6.07) is 6.05. The van der Waals surface area contributed by atoms with E-state index < -0.39 is 0 Å². The molecule has 3 rings (SSSR count). The van der Waals surface area contributed by atoms with Crippen molar-refractivity contribution < 1.29 is 14.0 Å². The highest BCUT2D eigenvalue weighted by Crippen LogP contribution is 2.31. The third-order valence-electron chi connectivity index (χ3n) is 3.57. The van der Waals surface area contributed by atoms with Crippen LogP contribution in [0.5, 0.6) is 11.5 Å². The molecule has 2 heterocycles. The molecule has 2 aromatic rings. The molecule has 0 saturated carbocycles. The molecule has 0 atom stereocenters. The molecule has 0 unspecified atom stereocenters. The summed E-state index contributed by atoms with van der Waals surface area (Å²) in [4.78, 5) is 6.58. The van der Waals surface area contributed by atoms with Crippen LogP contribution in [0.2, 0.25) is 0 Å². The van der Waals surface area contributed by atoms with Gasteiger partial charge in [0.1, 0.15) is 13.2 Å². The molecule has 0 N–H and O–H groups in total. The molecule has 0 bridgehead atoms. The molecule has 6 nitrogen and oxygen atoms in total. The van der Waals surface area contributed by atoms with Crippen molar-refractivity contribution in [3.05, 3.63) is 35.5 Å². The van der Waals surface area contributed by atoms with E-state index >= 15 is 0 Å². The van der Waals surface area contributed by atoms with Crippen LogP contribution in [0.3, 0.4) is 0 Å². The minimum atomic E-state index is 0.524. The van der Waals surface area contributed by atoms with Crippen LogP contribution < -0.4 is 9.47 Å². The summed E-state index contributed by atoms with van der Waals surface area (Å²) in [7, 11) is 2.03. The molecule has 124 valence electrons. The third kappa shape index (κ3) is 4.22. The number of fused-ring (bicyclic) bond motifs is 1. The van der Waals surface area contributed by atoms with Crippen LogP contribution in [-0.2, 0) is 19.5 Å². The van der Waals surface area contributed by atoms with Gasteiger partial charge in [0.2, 0.25) is 5.89 Å². The Hall–Kier alpha value is -2.08. The first-order valence-electron chi connectivity index (χ1n) is 7.98. The first kappa shape index (κ1) is 15.8. The van der Waals surface area contributed by atoms with Crippen LogP contribution in [0.1, 0.15) is 31.1 Å². The van der Waals surface area contributed by atoms with Gasteiger partial charge in [0, 0.05) is 13.0 Å². The molecule has 6 heteroatoms. The van der Waals surface area contributed by atoms with E-state index in [-0.39, 0.29) is 0 Å². The monoisotopic (exact) mass is 317 g/mol. The zero-order valence-corrected chi connectivity index (χ0v) is 13.9. The van der Waals surface area contributed by atoms with Gasteiger partial charge in [-0.1, -0.05) is 25.1 Å². The van der Waals surface area contributed by atoms with E-state index in [1.807, 2.05) is 19.2 Å². The zero-order chi connectivity index (χ0) is 16.2. The number of ether oxygens (including phenoxy) is 2. The normalized spacial score (nSPS) is 13.8. The molecule has 0 amide bonds. The van der Waals surface area contributed by atoms with Crippen molar-refractivity contribution in [3.8, 4) is 11.5 Å². The summed E-state index contributed by atoms with van der Waals surface area (Å²) in [5.41, 5.74) is 1.17.